The Morgan fingerprint density at radius 1 is 0.773 bits per heavy atom. The van der Waals surface area contributed by atoms with Gasteiger partial charge in [0.1, 0.15) is 0 Å². The summed E-state index contributed by atoms with van der Waals surface area (Å²) in [7, 11) is 0. The summed E-state index contributed by atoms with van der Waals surface area (Å²) in [6.07, 6.45) is -2.07. The first-order chi connectivity index (χ1) is 9.87. The second-order valence-corrected chi connectivity index (χ2v) is 4.03. The van der Waals surface area contributed by atoms with Gasteiger partial charge in [0.25, 0.3) is 0 Å². The highest BCUT2D eigenvalue weighted by Gasteiger charge is 2.80. The minimum atomic E-state index is -6.61. The zero-order valence-electron chi connectivity index (χ0n) is 10.6. The minimum absolute atomic E-state index is 0.0782. The van der Waals surface area contributed by atoms with Crippen LogP contribution in [0.2, 0.25) is 0 Å². The summed E-state index contributed by atoms with van der Waals surface area (Å²) in [5.41, 5.74) is 0. The van der Waals surface area contributed by atoms with Crippen LogP contribution in [0.25, 0.3) is 0 Å². The minimum Gasteiger partial charge on any atom is -0.211 e. The Kier molecular flexibility index (Phi) is 6.40. The molecule has 22 heavy (non-hydrogen) atoms. The molecule has 0 aromatic carbocycles. The topological polar surface area (TPSA) is 58.9 Å². The number of hydrogen-bond acceptors (Lipinski definition) is 4. The second kappa shape index (κ2) is 6.97. The molecule has 4 nitrogen and oxygen atoms in total. The Labute approximate surface area is 117 Å². The van der Waals surface area contributed by atoms with E-state index in [1.165, 1.54) is 4.99 Å². The Morgan fingerprint density at radius 3 is 1.77 bits per heavy atom. The number of carbonyl (C=O) groups excluding carboxylic acids is 2. The van der Waals surface area contributed by atoms with Crippen molar-refractivity contribution >= 4 is 12.2 Å². The highest BCUT2D eigenvalue weighted by molar-refractivity contribution is 5.34. The summed E-state index contributed by atoms with van der Waals surface area (Å²) >= 11 is 0. The molecule has 0 radical (unpaired) electrons. The fourth-order valence-electron chi connectivity index (χ4n) is 1.29. The van der Waals surface area contributed by atoms with Gasteiger partial charge in [-0.25, -0.2) is 14.6 Å². The molecule has 0 amide bonds. The Morgan fingerprint density at radius 2 is 1.32 bits per heavy atom. The fourth-order valence-corrected chi connectivity index (χ4v) is 1.29. The van der Waals surface area contributed by atoms with Crippen LogP contribution in [0.4, 0.5) is 35.1 Å². The molecule has 0 saturated carbocycles. The molecule has 0 atom stereocenters. The molecule has 0 aliphatic carbocycles. The molecule has 0 aromatic rings. The molecule has 0 unspecified atom stereocenters. The Bertz CT molecular complexity index is 481. The lowest BCUT2D eigenvalue weighted by molar-refractivity contribution is -0.365. The van der Waals surface area contributed by atoms with Gasteiger partial charge in [0, 0.05) is 6.42 Å². The van der Waals surface area contributed by atoms with Crippen LogP contribution >= 0.6 is 0 Å². The van der Waals surface area contributed by atoms with E-state index in [0.29, 0.717) is 0 Å². The van der Waals surface area contributed by atoms with Crippen LogP contribution in [0.3, 0.4) is 0 Å². The van der Waals surface area contributed by atoms with Crippen LogP contribution in [0.1, 0.15) is 19.3 Å². The van der Waals surface area contributed by atoms with Crippen molar-refractivity contribution in [2.24, 2.45) is 9.98 Å². The lowest BCUT2D eigenvalue weighted by Gasteiger charge is -2.34. The van der Waals surface area contributed by atoms with E-state index in [4.69, 9.17) is 0 Å². The Balaban J connectivity index is 5.23. The molecular formula is C10H8F8N2O2. The van der Waals surface area contributed by atoms with Crippen LogP contribution < -0.4 is 0 Å². The molecular weight excluding hydrogens is 332 g/mol. The highest BCUT2D eigenvalue weighted by atomic mass is 19.4. The van der Waals surface area contributed by atoms with E-state index < -0.39 is 36.7 Å². The molecule has 0 N–H and O–H groups in total. The summed E-state index contributed by atoms with van der Waals surface area (Å²) in [5, 5.41) is 0. The van der Waals surface area contributed by atoms with Crippen LogP contribution in [-0.2, 0) is 9.59 Å². The molecule has 0 bridgehead atoms. The van der Waals surface area contributed by atoms with Gasteiger partial charge in [0.05, 0.1) is 6.54 Å². The summed E-state index contributed by atoms with van der Waals surface area (Å²) < 4.78 is 104. The van der Waals surface area contributed by atoms with Crippen LogP contribution in [0.5, 0.6) is 0 Å². The number of rotatable bonds is 9. The summed E-state index contributed by atoms with van der Waals surface area (Å²) in [5.74, 6) is -18.6. The van der Waals surface area contributed by atoms with Gasteiger partial charge in [-0.05, 0) is 12.8 Å². The van der Waals surface area contributed by atoms with Gasteiger partial charge >= 0.3 is 23.8 Å². The monoisotopic (exact) mass is 340 g/mol. The van der Waals surface area contributed by atoms with E-state index >= 15 is 0 Å². The van der Waals surface area contributed by atoms with E-state index in [1.54, 1.807) is 0 Å². The number of nitrogens with zero attached hydrogens (tertiary/aromatic N) is 2. The molecule has 0 aliphatic rings. The number of aliphatic imine (C=N–C) groups is 2. The zero-order chi connectivity index (χ0) is 17.7. The smallest absolute Gasteiger partial charge is 0.211 e. The van der Waals surface area contributed by atoms with Crippen LogP contribution in [0.15, 0.2) is 9.98 Å². The third-order valence-corrected chi connectivity index (χ3v) is 2.49. The third-order valence-electron chi connectivity index (χ3n) is 2.49. The maximum Gasteiger partial charge on any atom is 0.421 e. The van der Waals surface area contributed by atoms with E-state index in [-0.39, 0.29) is 19.0 Å². The van der Waals surface area contributed by atoms with Gasteiger partial charge in [-0.15, -0.1) is 4.99 Å². The van der Waals surface area contributed by atoms with Gasteiger partial charge in [0.2, 0.25) is 12.2 Å². The zero-order valence-corrected chi connectivity index (χ0v) is 10.6. The summed E-state index contributed by atoms with van der Waals surface area (Å²) in [6, 6.07) is -6.05. The third kappa shape index (κ3) is 3.89. The molecule has 0 aliphatic heterocycles. The normalized spacial score (nSPS) is 13.3. The maximum absolute atomic E-state index is 13.2. The first-order valence-corrected chi connectivity index (χ1v) is 5.51. The van der Waals surface area contributed by atoms with Crippen molar-refractivity contribution in [2.45, 2.75) is 43.1 Å². The molecule has 0 aromatic heterocycles. The van der Waals surface area contributed by atoms with Gasteiger partial charge in [0.15, 0.2) is 0 Å². The van der Waals surface area contributed by atoms with E-state index in [9.17, 15) is 44.7 Å². The van der Waals surface area contributed by atoms with Crippen molar-refractivity contribution in [2.75, 3.05) is 6.54 Å². The van der Waals surface area contributed by atoms with Crippen molar-refractivity contribution in [1.82, 2.24) is 0 Å². The van der Waals surface area contributed by atoms with Crippen LogP contribution in [-0.4, -0.2) is 42.5 Å². The van der Waals surface area contributed by atoms with Gasteiger partial charge < -0.3 is 0 Å². The predicted octanol–water partition coefficient (Wildman–Crippen LogP) is 3.33. The Hall–Kier alpha value is -1.80. The largest absolute Gasteiger partial charge is 0.421 e. The summed E-state index contributed by atoms with van der Waals surface area (Å²) in [6.45, 7) is -0.368. The number of hydrogen-bond donors (Lipinski definition) is 0. The predicted molar refractivity (Wildman–Crippen MR) is 54.7 cm³/mol. The number of alkyl halides is 8. The number of unbranched alkanes of at least 4 members (excludes halogenated alkanes) is 1. The number of halogens is 8. The van der Waals surface area contributed by atoms with Crippen molar-refractivity contribution in [3.05, 3.63) is 0 Å². The quantitative estimate of drug-likeness (QED) is 0.213. The fraction of sp³-hybridized carbons (Fsp3) is 0.800. The lowest BCUT2D eigenvalue weighted by Crippen LogP contribution is -2.61. The molecule has 0 fully saturated rings. The molecule has 126 valence electrons. The van der Waals surface area contributed by atoms with Crippen molar-refractivity contribution in [1.29, 1.82) is 0 Å². The van der Waals surface area contributed by atoms with E-state index in [2.05, 4.69) is 4.99 Å². The molecule has 0 rings (SSSR count). The lowest BCUT2D eigenvalue weighted by atomic mass is 9.98. The van der Waals surface area contributed by atoms with Gasteiger partial charge in [-0.3, -0.25) is 0 Å². The van der Waals surface area contributed by atoms with Gasteiger partial charge in [-0.2, -0.15) is 35.1 Å². The highest BCUT2D eigenvalue weighted by Crippen LogP contribution is 2.54. The van der Waals surface area contributed by atoms with E-state index in [0.717, 1.165) is 6.08 Å². The SMILES string of the molecule is O=C=NCCCCC(F)(F)C(F)(F)C(F)(F)C(F)(F)N=C=O. The van der Waals surface area contributed by atoms with E-state index in [1.807, 2.05) is 0 Å². The first kappa shape index (κ1) is 20.2. The summed E-state index contributed by atoms with van der Waals surface area (Å²) in [4.78, 5) is 23.3. The molecule has 0 saturated heterocycles. The number of isocyanates is 2. The molecule has 0 heterocycles. The molecule has 12 heteroatoms. The maximum atomic E-state index is 13.2. The van der Waals surface area contributed by atoms with Crippen molar-refractivity contribution in [3.8, 4) is 0 Å². The average molecular weight is 340 g/mol. The second-order valence-electron chi connectivity index (χ2n) is 4.03. The standard InChI is InChI=1S/C10H8F8N2O2/c11-7(12,3-1-2-4-19-5-21)8(13,14)9(15,16)10(17,18)20-6-22/h1-4H2. The average Bonchev–Trinajstić information content (AvgIpc) is 2.37. The van der Waals surface area contributed by atoms with Crippen LogP contribution in [0, 0.1) is 0 Å². The molecule has 0 spiro atoms. The van der Waals surface area contributed by atoms with Crippen molar-refractivity contribution in [3.63, 3.8) is 0 Å². The first-order valence-electron chi connectivity index (χ1n) is 5.51. The van der Waals surface area contributed by atoms with Crippen molar-refractivity contribution < 1.29 is 44.7 Å². The van der Waals surface area contributed by atoms with Gasteiger partial charge in [-0.1, -0.05) is 0 Å².